The van der Waals surface area contributed by atoms with Gasteiger partial charge in [-0.25, -0.2) is 9.97 Å². The summed E-state index contributed by atoms with van der Waals surface area (Å²) in [6, 6.07) is 9.89. The van der Waals surface area contributed by atoms with Crippen LogP contribution in [0.3, 0.4) is 0 Å². The fourth-order valence-electron chi connectivity index (χ4n) is 1.18. The van der Waals surface area contributed by atoms with E-state index in [0.717, 1.165) is 15.6 Å². The summed E-state index contributed by atoms with van der Waals surface area (Å²) >= 11 is 1.54. The highest BCUT2D eigenvalue weighted by molar-refractivity contribution is 7.99. The van der Waals surface area contributed by atoms with Gasteiger partial charge in [-0.1, -0.05) is 12.1 Å². The smallest absolute Gasteiger partial charge is 0.192 e. The summed E-state index contributed by atoms with van der Waals surface area (Å²) in [6.45, 7) is 0.560. The van der Waals surface area contributed by atoms with Gasteiger partial charge in [0.2, 0.25) is 0 Å². The van der Waals surface area contributed by atoms with Gasteiger partial charge in [0.25, 0.3) is 0 Å². The van der Waals surface area contributed by atoms with E-state index in [1.165, 1.54) is 11.8 Å². The third-order valence-corrected chi connectivity index (χ3v) is 2.77. The first kappa shape index (κ1) is 10.1. The van der Waals surface area contributed by atoms with Crippen LogP contribution in [-0.4, -0.2) is 9.97 Å². The Kier molecular flexibility index (Phi) is 3.32. The fraction of sp³-hybridized carbons (Fsp3) is 0.0909. The molecule has 4 heteroatoms. The molecule has 1 heterocycles. The third kappa shape index (κ3) is 2.78. The number of hydrogen-bond donors (Lipinski definition) is 1. The lowest BCUT2D eigenvalue weighted by atomic mass is 10.2. The number of hydrogen-bond acceptors (Lipinski definition) is 4. The van der Waals surface area contributed by atoms with Crippen molar-refractivity contribution >= 4 is 11.8 Å². The van der Waals surface area contributed by atoms with Gasteiger partial charge in [-0.05, 0) is 35.5 Å². The van der Waals surface area contributed by atoms with Crippen LogP contribution in [0.15, 0.2) is 52.8 Å². The van der Waals surface area contributed by atoms with Gasteiger partial charge in [0.1, 0.15) is 0 Å². The molecular formula is C11H11N3S. The van der Waals surface area contributed by atoms with Gasteiger partial charge in [-0.3, -0.25) is 0 Å². The van der Waals surface area contributed by atoms with Gasteiger partial charge in [0, 0.05) is 23.8 Å². The molecule has 0 aliphatic rings. The van der Waals surface area contributed by atoms with Crippen molar-refractivity contribution in [2.24, 2.45) is 5.73 Å². The van der Waals surface area contributed by atoms with Crippen molar-refractivity contribution in [3.05, 3.63) is 48.3 Å². The Labute approximate surface area is 92.8 Å². The summed E-state index contributed by atoms with van der Waals surface area (Å²) in [6.07, 6.45) is 3.48. The number of aromatic nitrogens is 2. The quantitative estimate of drug-likeness (QED) is 0.800. The predicted molar refractivity (Wildman–Crippen MR) is 60.5 cm³/mol. The van der Waals surface area contributed by atoms with E-state index in [0.29, 0.717) is 6.54 Å². The molecule has 0 radical (unpaired) electrons. The van der Waals surface area contributed by atoms with Crippen molar-refractivity contribution in [1.82, 2.24) is 9.97 Å². The molecule has 0 atom stereocenters. The lowest BCUT2D eigenvalue weighted by Crippen LogP contribution is -1.95. The monoisotopic (exact) mass is 217 g/mol. The first-order chi connectivity index (χ1) is 7.38. The molecule has 0 bridgehead atoms. The number of nitrogens with two attached hydrogens (primary N) is 1. The fourth-order valence-corrected chi connectivity index (χ4v) is 1.97. The van der Waals surface area contributed by atoms with Gasteiger partial charge >= 0.3 is 0 Å². The van der Waals surface area contributed by atoms with Crippen molar-refractivity contribution in [3.63, 3.8) is 0 Å². The van der Waals surface area contributed by atoms with Crippen molar-refractivity contribution < 1.29 is 0 Å². The molecule has 0 aliphatic carbocycles. The second kappa shape index (κ2) is 4.91. The molecule has 0 amide bonds. The summed E-state index contributed by atoms with van der Waals surface area (Å²) in [5.41, 5.74) is 6.69. The second-order valence-corrected chi connectivity index (χ2v) is 4.03. The number of nitrogens with zero attached hydrogens (tertiary/aromatic N) is 2. The van der Waals surface area contributed by atoms with E-state index in [4.69, 9.17) is 5.73 Å². The summed E-state index contributed by atoms with van der Waals surface area (Å²) in [7, 11) is 0. The van der Waals surface area contributed by atoms with E-state index in [2.05, 4.69) is 16.0 Å². The van der Waals surface area contributed by atoms with Gasteiger partial charge in [0.15, 0.2) is 5.16 Å². The Morgan fingerprint density at radius 3 is 2.67 bits per heavy atom. The molecule has 0 unspecified atom stereocenters. The van der Waals surface area contributed by atoms with Crippen LogP contribution in [0.25, 0.3) is 0 Å². The number of benzene rings is 1. The minimum absolute atomic E-state index is 0.560. The zero-order valence-electron chi connectivity index (χ0n) is 8.13. The molecule has 1 aromatic carbocycles. The topological polar surface area (TPSA) is 51.8 Å². The Morgan fingerprint density at radius 2 is 1.93 bits per heavy atom. The Morgan fingerprint density at radius 1 is 1.13 bits per heavy atom. The summed E-state index contributed by atoms with van der Waals surface area (Å²) in [5.74, 6) is 0. The van der Waals surface area contributed by atoms with Gasteiger partial charge in [-0.15, -0.1) is 0 Å². The highest BCUT2D eigenvalue weighted by atomic mass is 32.2. The average Bonchev–Trinajstić information content (AvgIpc) is 2.31. The van der Waals surface area contributed by atoms with E-state index in [1.807, 2.05) is 18.2 Å². The molecule has 0 spiro atoms. The van der Waals surface area contributed by atoms with E-state index in [1.54, 1.807) is 18.5 Å². The molecule has 76 valence electrons. The van der Waals surface area contributed by atoms with E-state index < -0.39 is 0 Å². The largest absolute Gasteiger partial charge is 0.326 e. The minimum atomic E-state index is 0.560. The summed E-state index contributed by atoms with van der Waals surface area (Å²) in [4.78, 5) is 9.42. The zero-order valence-corrected chi connectivity index (χ0v) is 8.95. The second-order valence-electron chi connectivity index (χ2n) is 2.98. The van der Waals surface area contributed by atoms with Crippen LogP contribution >= 0.6 is 11.8 Å². The molecule has 0 aliphatic heterocycles. The predicted octanol–water partition coefficient (Wildman–Crippen LogP) is 2.09. The first-order valence-corrected chi connectivity index (χ1v) is 5.44. The van der Waals surface area contributed by atoms with Crippen LogP contribution in [0.1, 0.15) is 5.56 Å². The zero-order chi connectivity index (χ0) is 10.5. The molecule has 15 heavy (non-hydrogen) atoms. The van der Waals surface area contributed by atoms with E-state index in [9.17, 15) is 0 Å². The average molecular weight is 217 g/mol. The highest BCUT2D eigenvalue weighted by Crippen LogP contribution is 2.24. The summed E-state index contributed by atoms with van der Waals surface area (Å²) in [5, 5.41) is 0.756. The Hall–Kier alpha value is -1.39. The van der Waals surface area contributed by atoms with Crippen LogP contribution < -0.4 is 5.73 Å². The van der Waals surface area contributed by atoms with Crippen LogP contribution in [0, 0.1) is 0 Å². The maximum atomic E-state index is 5.57. The molecule has 1 aromatic heterocycles. The summed E-state index contributed by atoms with van der Waals surface area (Å²) < 4.78 is 0. The van der Waals surface area contributed by atoms with Crippen molar-refractivity contribution in [2.75, 3.05) is 0 Å². The van der Waals surface area contributed by atoms with Crippen molar-refractivity contribution in [3.8, 4) is 0 Å². The molecular weight excluding hydrogens is 206 g/mol. The normalized spacial score (nSPS) is 10.2. The van der Waals surface area contributed by atoms with Gasteiger partial charge < -0.3 is 5.73 Å². The molecule has 0 saturated heterocycles. The van der Waals surface area contributed by atoms with Crippen LogP contribution in [0.5, 0.6) is 0 Å². The standard InChI is InChI=1S/C11H11N3S/c12-8-9-3-1-4-10(7-9)15-11-13-5-2-6-14-11/h1-7H,8,12H2. The van der Waals surface area contributed by atoms with Crippen LogP contribution in [0.2, 0.25) is 0 Å². The van der Waals surface area contributed by atoms with Crippen molar-refractivity contribution in [2.45, 2.75) is 16.6 Å². The van der Waals surface area contributed by atoms with Gasteiger partial charge in [-0.2, -0.15) is 0 Å². The molecule has 2 rings (SSSR count). The molecule has 0 saturated carbocycles. The van der Waals surface area contributed by atoms with Gasteiger partial charge in [0.05, 0.1) is 0 Å². The highest BCUT2D eigenvalue weighted by Gasteiger charge is 1.99. The molecule has 3 nitrogen and oxygen atoms in total. The lowest BCUT2D eigenvalue weighted by molar-refractivity contribution is 0.966. The maximum absolute atomic E-state index is 5.57. The molecule has 2 N–H and O–H groups in total. The first-order valence-electron chi connectivity index (χ1n) is 4.62. The van der Waals surface area contributed by atoms with E-state index >= 15 is 0 Å². The van der Waals surface area contributed by atoms with Crippen molar-refractivity contribution in [1.29, 1.82) is 0 Å². The molecule has 2 aromatic rings. The third-order valence-electron chi connectivity index (χ3n) is 1.89. The Balaban J connectivity index is 2.17. The lowest BCUT2D eigenvalue weighted by Gasteiger charge is -2.01. The minimum Gasteiger partial charge on any atom is -0.326 e. The molecule has 0 fully saturated rings. The SMILES string of the molecule is NCc1cccc(Sc2ncccn2)c1. The van der Waals surface area contributed by atoms with Crippen LogP contribution in [-0.2, 0) is 6.54 Å². The maximum Gasteiger partial charge on any atom is 0.192 e. The Bertz CT molecular complexity index is 431. The van der Waals surface area contributed by atoms with Crippen LogP contribution in [0.4, 0.5) is 0 Å². The van der Waals surface area contributed by atoms with E-state index in [-0.39, 0.29) is 0 Å². The number of rotatable bonds is 3.